The molecule has 5 nitrogen and oxygen atoms in total. The van der Waals surface area contributed by atoms with Gasteiger partial charge < -0.3 is 19.8 Å². The van der Waals surface area contributed by atoms with Gasteiger partial charge in [-0.05, 0) is 39.3 Å². The minimum absolute atomic E-state index is 0.206. The van der Waals surface area contributed by atoms with Crippen LogP contribution in [-0.4, -0.2) is 24.8 Å². The molecule has 0 atom stereocenters. The highest BCUT2D eigenvalue weighted by molar-refractivity contribution is 6.63. The summed E-state index contributed by atoms with van der Waals surface area (Å²) in [7, 11) is -0.485. The molecule has 1 aromatic rings. The predicted molar refractivity (Wildman–Crippen MR) is 77.4 cm³/mol. The van der Waals surface area contributed by atoms with Crippen molar-refractivity contribution < 1.29 is 18.8 Å². The fourth-order valence-corrected chi connectivity index (χ4v) is 2.03. The summed E-state index contributed by atoms with van der Waals surface area (Å²) in [4.78, 5) is 10.2. The molecule has 1 aromatic carbocycles. The van der Waals surface area contributed by atoms with Crippen molar-refractivity contribution >= 4 is 24.7 Å². The fourth-order valence-electron chi connectivity index (χ4n) is 2.03. The summed E-state index contributed by atoms with van der Waals surface area (Å²) in [6.45, 7) is 8.60. The van der Waals surface area contributed by atoms with E-state index in [1.165, 1.54) is 0 Å². The Hall–Kier alpha value is -1.53. The molecule has 1 aliphatic rings. The van der Waals surface area contributed by atoms with Gasteiger partial charge in [-0.2, -0.15) is 0 Å². The molecule has 0 spiro atoms. The Labute approximate surface area is 119 Å². The zero-order valence-electron chi connectivity index (χ0n) is 12.3. The Bertz CT molecular complexity index is 500. The molecule has 0 amide bonds. The molecule has 108 valence electrons. The zero-order chi connectivity index (χ0) is 15.0. The number of anilines is 1. The topological polar surface area (TPSA) is 70.8 Å². The van der Waals surface area contributed by atoms with Gasteiger partial charge in [-0.25, -0.2) is 0 Å². The third-order valence-electron chi connectivity index (χ3n) is 3.98. The number of ether oxygens (including phenoxy) is 1. The standard InChI is InChI=1S/C14H20BNO4/c1-13(2)14(3,4)20-15(19-13)11-6-5-10(7-12(11)16)8-18-9-17/h5-7,9H,8,16H2,1-4H3. The molecule has 1 aliphatic heterocycles. The molecule has 0 radical (unpaired) electrons. The number of carbonyl (C=O) groups excluding carboxylic acids is 1. The molecule has 0 bridgehead atoms. The minimum atomic E-state index is -0.485. The molecule has 1 fully saturated rings. The van der Waals surface area contributed by atoms with Gasteiger partial charge in [0.15, 0.2) is 0 Å². The first-order valence-electron chi connectivity index (χ1n) is 6.56. The van der Waals surface area contributed by atoms with Crippen LogP contribution < -0.4 is 11.2 Å². The Morgan fingerprint density at radius 3 is 2.35 bits per heavy atom. The number of carbonyl (C=O) groups is 1. The van der Waals surface area contributed by atoms with Crippen LogP contribution in [0.15, 0.2) is 18.2 Å². The molecule has 6 heteroatoms. The van der Waals surface area contributed by atoms with E-state index in [9.17, 15) is 4.79 Å². The molecular weight excluding hydrogens is 257 g/mol. The molecule has 0 saturated carbocycles. The lowest BCUT2D eigenvalue weighted by atomic mass is 9.77. The van der Waals surface area contributed by atoms with Crippen molar-refractivity contribution in [2.75, 3.05) is 5.73 Å². The van der Waals surface area contributed by atoms with Crippen molar-refractivity contribution in [1.29, 1.82) is 0 Å². The fraction of sp³-hybridized carbons (Fsp3) is 0.500. The second kappa shape index (κ2) is 5.11. The Kier molecular flexibility index (Phi) is 3.80. The van der Waals surface area contributed by atoms with Crippen molar-refractivity contribution in [3.05, 3.63) is 23.8 Å². The van der Waals surface area contributed by atoms with E-state index in [1.54, 1.807) is 6.07 Å². The van der Waals surface area contributed by atoms with Crippen LogP contribution in [0, 0.1) is 0 Å². The van der Waals surface area contributed by atoms with E-state index in [0.717, 1.165) is 11.0 Å². The smallest absolute Gasteiger partial charge is 0.463 e. The predicted octanol–water partition coefficient (Wildman–Crippen LogP) is 1.24. The van der Waals surface area contributed by atoms with Crippen molar-refractivity contribution in [3.63, 3.8) is 0 Å². The van der Waals surface area contributed by atoms with Crippen LogP contribution in [0.2, 0.25) is 0 Å². The van der Waals surface area contributed by atoms with E-state index in [1.807, 2.05) is 39.8 Å². The molecule has 0 aromatic heterocycles. The number of nitrogens with two attached hydrogens (primary N) is 1. The van der Waals surface area contributed by atoms with Crippen LogP contribution in [0.4, 0.5) is 5.69 Å². The highest BCUT2D eigenvalue weighted by Gasteiger charge is 2.52. The number of hydrogen-bond acceptors (Lipinski definition) is 5. The second-order valence-electron chi connectivity index (χ2n) is 5.96. The Morgan fingerprint density at radius 1 is 1.25 bits per heavy atom. The summed E-state index contributed by atoms with van der Waals surface area (Å²) >= 11 is 0. The summed E-state index contributed by atoms with van der Waals surface area (Å²) in [6.07, 6.45) is 0. The molecule has 1 saturated heterocycles. The van der Waals surface area contributed by atoms with Crippen LogP contribution in [0.5, 0.6) is 0 Å². The zero-order valence-corrected chi connectivity index (χ0v) is 12.3. The van der Waals surface area contributed by atoms with Crippen molar-refractivity contribution in [2.24, 2.45) is 0 Å². The van der Waals surface area contributed by atoms with Crippen molar-refractivity contribution in [1.82, 2.24) is 0 Å². The average Bonchev–Trinajstić information content (AvgIpc) is 2.55. The van der Waals surface area contributed by atoms with E-state index < -0.39 is 18.3 Å². The first kappa shape index (κ1) is 14.9. The third-order valence-corrected chi connectivity index (χ3v) is 3.98. The average molecular weight is 277 g/mol. The van der Waals surface area contributed by atoms with Gasteiger partial charge in [-0.3, -0.25) is 4.79 Å². The van der Waals surface area contributed by atoms with Gasteiger partial charge >= 0.3 is 7.12 Å². The molecule has 0 unspecified atom stereocenters. The highest BCUT2D eigenvalue weighted by atomic mass is 16.7. The van der Waals surface area contributed by atoms with E-state index >= 15 is 0 Å². The third kappa shape index (κ3) is 2.67. The van der Waals surface area contributed by atoms with Crippen LogP contribution in [0.1, 0.15) is 33.3 Å². The summed E-state index contributed by atoms with van der Waals surface area (Å²) in [5, 5.41) is 0. The van der Waals surface area contributed by atoms with E-state index in [4.69, 9.17) is 19.8 Å². The molecular formula is C14H20BNO4. The van der Waals surface area contributed by atoms with Gasteiger partial charge in [-0.1, -0.05) is 12.1 Å². The van der Waals surface area contributed by atoms with Crippen LogP contribution in [0.3, 0.4) is 0 Å². The molecule has 2 N–H and O–H groups in total. The van der Waals surface area contributed by atoms with Gasteiger partial charge in [0.1, 0.15) is 6.61 Å². The number of benzene rings is 1. The summed E-state index contributed by atoms with van der Waals surface area (Å²) in [5.74, 6) is 0. The molecule has 1 heterocycles. The summed E-state index contributed by atoms with van der Waals surface area (Å²) in [6, 6.07) is 5.46. The maximum absolute atomic E-state index is 10.2. The molecule has 0 aliphatic carbocycles. The Balaban J connectivity index is 2.21. The Morgan fingerprint density at radius 2 is 1.85 bits per heavy atom. The maximum Gasteiger partial charge on any atom is 0.496 e. The lowest BCUT2D eigenvalue weighted by Gasteiger charge is -2.32. The SMILES string of the molecule is CC1(C)OB(c2ccc(COC=O)cc2N)OC1(C)C. The van der Waals surface area contributed by atoms with E-state index in [0.29, 0.717) is 12.2 Å². The van der Waals surface area contributed by atoms with Gasteiger partial charge in [-0.15, -0.1) is 0 Å². The van der Waals surface area contributed by atoms with Crippen molar-refractivity contribution in [3.8, 4) is 0 Å². The number of hydrogen-bond donors (Lipinski definition) is 1. The molecule has 20 heavy (non-hydrogen) atoms. The van der Waals surface area contributed by atoms with Crippen molar-refractivity contribution in [2.45, 2.75) is 45.5 Å². The number of rotatable bonds is 4. The van der Waals surface area contributed by atoms with Gasteiger partial charge in [0.2, 0.25) is 0 Å². The lowest BCUT2D eigenvalue weighted by Crippen LogP contribution is -2.41. The van der Waals surface area contributed by atoms with Crippen LogP contribution in [0.25, 0.3) is 0 Å². The summed E-state index contributed by atoms with van der Waals surface area (Å²) in [5.41, 5.74) is 7.43. The first-order valence-corrected chi connectivity index (χ1v) is 6.56. The second-order valence-corrected chi connectivity index (χ2v) is 5.96. The van der Waals surface area contributed by atoms with Gasteiger partial charge in [0, 0.05) is 11.2 Å². The monoisotopic (exact) mass is 277 g/mol. The van der Waals surface area contributed by atoms with E-state index in [-0.39, 0.29) is 6.61 Å². The first-order chi connectivity index (χ1) is 9.27. The highest BCUT2D eigenvalue weighted by Crippen LogP contribution is 2.36. The summed E-state index contributed by atoms with van der Waals surface area (Å²) < 4.78 is 16.6. The van der Waals surface area contributed by atoms with Gasteiger partial charge in [0.25, 0.3) is 6.47 Å². The van der Waals surface area contributed by atoms with Gasteiger partial charge in [0.05, 0.1) is 11.2 Å². The molecule has 2 rings (SSSR count). The largest absolute Gasteiger partial charge is 0.496 e. The van der Waals surface area contributed by atoms with Crippen LogP contribution >= 0.6 is 0 Å². The quantitative estimate of drug-likeness (QED) is 0.509. The van der Waals surface area contributed by atoms with E-state index in [2.05, 4.69) is 0 Å². The minimum Gasteiger partial charge on any atom is -0.463 e. The normalized spacial score (nSPS) is 19.9. The lowest BCUT2D eigenvalue weighted by molar-refractivity contribution is -0.129. The number of nitrogen functional groups attached to an aromatic ring is 1. The van der Waals surface area contributed by atoms with Crippen LogP contribution in [-0.2, 0) is 25.4 Å². The maximum atomic E-state index is 10.2.